The number of piperidine rings is 1. The summed E-state index contributed by atoms with van der Waals surface area (Å²) in [5, 5.41) is 22.2. The maximum atomic E-state index is 12.3. The van der Waals surface area contributed by atoms with Crippen LogP contribution in [-0.2, 0) is 0 Å². The second-order valence-electron chi connectivity index (χ2n) is 7.17. The van der Waals surface area contributed by atoms with Gasteiger partial charge in [-0.05, 0) is 31.5 Å². The van der Waals surface area contributed by atoms with Gasteiger partial charge < -0.3 is 19.9 Å². The molecule has 1 saturated heterocycles. The smallest absolute Gasteiger partial charge is 0.263 e. The number of benzene rings is 1. The van der Waals surface area contributed by atoms with Crippen LogP contribution >= 0.6 is 12.4 Å². The van der Waals surface area contributed by atoms with Gasteiger partial charge in [-0.15, -0.1) is 12.4 Å². The summed E-state index contributed by atoms with van der Waals surface area (Å²) in [7, 11) is 0. The molecule has 30 heavy (non-hydrogen) atoms. The molecule has 0 aliphatic carbocycles. The summed E-state index contributed by atoms with van der Waals surface area (Å²) in [5.74, 6) is 0.609. The first-order valence-electron chi connectivity index (χ1n) is 9.59. The van der Waals surface area contributed by atoms with Crippen LogP contribution in [0.5, 0.6) is 0 Å². The molecule has 4 heterocycles. The van der Waals surface area contributed by atoms with E-state index in [9.17, 15) is 9.90 Å². The third-order valence-electron chi connectivity index (χ3n) is 5.32. The summed E-state index contributed by atoms with van der Waals surface area (Å²) in [6, 6.07) is 10.7. The normalized spacial score (nSPS) is 15.8. The fraction of sp³-hybridized carbons (Fsp3) is 0.300. The van der Waals surface area contributed by atoms with Gasteiger partial charge in [-0.1, -0.05) is 35.5 Å². The predicted octanol–water partition coefficient (Wildman–Crippen LogP) is 2.04. The third-order valence-corrected chi connectivity index (χ3v) is 5.32. The molecule has 1 atom stereocenters. The van der Waals surface area contributed by atoms with Crippen molar-refractivity contribution in [3.8, 4) is 11.5 Å². The zero-order chi connectivity index (χ0) is 19.8. The maximum Gasteiger partial charge on any atom is 0.263 e. The number of halogens is 1. The Morgan fingerprint density at radius 2 is 1.97 bits per heavy atom. The van der Waals surface area contributed by atoms with E-state index in [4.69, 9.17) is 4.52 Å². The zero-order valence-electron chi connectivity index (χ0n) is 16.0. The molecule has 0 amide bonds. The highest BCUT2D eigenvalue weighted by Gasteiger charge is 2.24. The van der Waals surface area contributed by atoms with Crippen LogP contribution < -0.4 is 10.9 Å². The number of aliphatic hydroxyl groups is 1. The van der Waals surface area contributed by atoms with E-state index in [-0.39, 0.29) is 35.6 Å². The molecule has 1 aromatic carbocycles. The van der Waals surface area contributed by atoms with Crippen molar-refractivity contribution in [2.45, 2.75) is 24.9 Å². The van der Waals surface area contributed by atoms with E-state index in [0.29, 0.717) is 16.8 Å². The second kappa shape index (κ2) is 8.39. The standard InChI is InChI=1S/C20H20N6O3.ClH/c27-16-10-15(12-6-8-21-9-7-12)26-19(23-16)14(11-22-26)20-24-18(25-29-20)17(28)13-4-2-1-3-5-13;/h1-5,10-12,17,21,28H,6-9H2,(H,23,27);1H. The first kappa shape index (κ1) is 20.3. The van der Waals surface area contributed by atoms with Crippen molar-refractivity contribution in [3.05, 3.63) is 70.0 Å². The Morgan fingerprint density at radius 1 is 1.20 bits per heavy atom. The highest BCUT2D eigenvalue weighted by Crippen LogP contribution is 2.28. The molecule has 0 spiro atoms. The van der Waals surface area contributed by atoms with Gasteiger partial charge in [0, 0.05) is 12.0 Å². The lowest BCUT2D eigenvalue weighted by Crippen LogP contribution is -2.28. The first-order valence-corrected chi connectivity index (χ1v) is 9.59. The van der Waals surface area contributed by atoms with Crippen LogP contribution in [0.3, 0.4) is 0 Å². The topological polar surface area (TPSA) is 121 Å². The number of H-pyrrole nitrogens is 1. The van der Waals surface area contributed by atoms with Gasteiger partial charge in [0.2, 0.25) is 5.82 Å². The Bertz CT molecular complexity index is 1200. The molecule has 156 valence electrons. The molecular weight excluding hydrogens is 408 g/mol. The number of nitrogens with one attached hydrogen (secondary N) is 2. The lowest BCUT2D eigenvalue weighted by molar-refractivity contribution is 0.204. The average molecular weight is 429 g/mol. The van der Waals surface area contributed by atoms with E-state index < -0.39 is 6.10 Å². The molecule has 1 fully saturated rings. The second-order valence-corrected chi connectivity index (χ2v) is 7.17. The van der Waals surface area contributed by atoms with Crippen LogP contribution in [0, 0.1) is 0 Å². The van der Waals surface area contributed by atoms with E-state index in [1.807, 2.05) is 18.2 Å². The van der Waals surface area contributed by atoms with Gasteiger partial charge in [0.05, 0.1) is 11.9 Å². The fourth-order valence-electron chi connectivity index (χ4n) is 3.82. The van der Waals surface area contributed by atoms with Crippen molar-refractivity contribution in [1.82, 2.24) is 30.1 Å². The molecule has 4 aromatic rings. The first-order chi connectivity index (χ1) is 14.2. The van der Waals surface area contributed by atoms with Crippen molar-refractivity contribution in [2.75, 3.05) is 13.1 Å². The van der Waals surface area contributed by atoms with Gasteiger partial charge in [-0.25, -0.2) is 4.52 Å². The maximum absolute atomic E-state index is 12.3. The number of fused-ring (bicyclic) bond motifs is 1. The minimum atomic E-state index is -1.00. The van der Waals surface area contributed by atoms with Crippen LogP contribution in [0.2, 0.25) is 0 Å². The molecule has 1 aliphatic heterocycles. The summed E-state index contributed by atoms with van der Waals surface area (Å²) in [6.07, 6.45) is 2.49. The molecule has 0 saturated carbocycles. The molecule has 1 aliphatic rings. The summed E-state index contributed by atoms with van der Waals surface area (Å²) >= 11 is 0. The Labute approximate surface area is 177 Å². The van der Waals surface area contributed by atoms with Gasteiger partial charge in [0.25, 0.3) is 11.4 Å². The summed E-state index contributed by atoms with van der Waals surface area (Å²) in [5.41, 5.74) is 2.38. The van der Waals surface area contributed by atoms with Gasteiger partial charge in [0.1, 0.15) is 17.3 Å². The minimum absolute atomic E-state index is 0. The van der Waals surface area contributed by atoms with Crippen molar-refractivity contribution in [3.63, 3.8) is 0 Å². The lowest BCUT2D eigenvalue weighted by atomic mass is 9.94. The van der Waals surface area contributed by atoms with Crippen LogP contribution in [0.1, 0.15) is 41.9 Å². The van der Waals surface area contributed by atoms with E-state index in [1.54, 1.807) is 28.9 Å². The molecule has 9 nitrogen and oxygen atoms in total. The summed E-state index contributed by atoms with van der Waals surface area (Å²) in [4.78, 5) is 19.5. The van der Waals surface area contributed by atoms with Crippen molar-refractivity contribution in [1.29, 1.82) is 0 Å². The Balaban J connectivity index is 0.00000218. The van der Waals surface area contributed by atoms with Crippen molar-refractivity contribution >= 4 is 18.1 Å². The Hall–Kier alpha value is -3.01. The number of aromatic nitrogens is 5. The van der Waals surface area contributed by atoms with Crippen LogP contribution in [-0.4, -0.2) is 42.9 Å². The van der Waals surface area contributed by atoms with Crippen molar-refractivity contribution < 1.29 is 9.63 Å². The summed E-state index contributed by atoms with van der Waals surface area (Å²) in [6.45, 7) is 1.83. The average Bonchev–Trinajstić information content (AvgIpc) is 3.41. The van der Waals surface area contributed by atoms with Gasteiger partial charge in [-0.3, -0.25) is 4.79 Å². The van der Waals surface area contributed by atoms with Gasteiger partial charge in [0.15, 0.2) is 0 Å². The molecule has 0 radical (unpaired) electrons. The fourth-order valence-corrected chi connectivity index (χ4v) is 3.82. The van der Waals surface area contributed by atoms with Gasteiger partial charge in [-0.2, -0.15) is 10.1 Å². The van der Waals surface area contributed by atoms with E-state index in [1.165, 1.54) is 0 Å². The number of hydrogen-bond acceptors (Lipinski definition) is 7. The zero-order valence-corrected chi connectivity index (χ0v) is 16.8. The number of rotatable bonds is 4. The monoisotopic (exact) mass is 428 g/mol. The summed E-state index contributed by atoms with van der Waals surface area (Å²) < 4.78 is 7.12. The van der Waals surface area contributed by atoms with Crippen molar-refractivity contribution in [2.24, 2.45) is 0 Å². The predicted molar refractivity (Wildman–Crippen MR) is 112 cm³/mol. The number of aliphatic hydroxyl groups excluding tert-OH is 1. The highest BCUT2D eigenvalue weighted by atomic mass is 35.5. The van der Waals surface area contributed by atoms with Crippen LogP contribution in [0.25, 0.3) is 17.1 Å². The van der Waals surface area contributed by atoms with Gasteiger partial charge >= 0.3 is 0 Å². The Kier molecular flexibility index (Phi) is 5.67. The molecule has 5 rings (SSSR count). The van der Waals surface area contributed by atoms with Crippen LogP contribution in [0.4, 0.5) is 0 Å². The lowest BCUT2D eigenvalue weighted by Gasteiger charge is -2.23. The largest absolute Gasteiger partial charge is 0.380 e. The van der Waals surface area contributed by atoms with Crippen LogP contribution in [0.15, 0.2) is 51.9 Å². The molecule has 3 aromatic heterocycles. The van der Waals surface area contributed by atoms with E-state index in [2.05, 4.69) is 25.5 Å². The minimum Gasteiger partial charge on any atom is -0.380 e. The quantitative estimate of drug-likeness (QED) is 0.454. The highest BCUT2D eigenvalue weighted by molar-refractivity contribution is 5.85. The van der Waals surface area contributed by atoms with E-state index >= 15 is 0 Å². The SMILES string of the molecule is Cl.O=c1cc(C2CCNCC2)n2ncc(-c3nc(C(O)c4ccccc4)no3)c2[nH]1. The number of nitrogens with zero attached hydrogens (tertiary/aromatic N) is 4. The molecule has 3 N–H and O–H groups in total. The molecular formula is C20H21ClN6O3. The van der Waals surface area contributed by atoms with E-state index in [0.717, 1.165) is 31.6 Å². The molecule has 1 unspecified atom stereocenters. The number of hydrogen-bond donors (Lipinski definition) is 3. The third kappa shape index (κ3) is 3.62. The number of aromatic amines is 1. The molecule has 0 bridgehead atoms. The Morgan fingerprint density at radius 3 is 2.73 bits per heavy atom. The molecule has 10 heteroatoms.